The lowest BCUT2D eigenvalue weighted by molar-refractivity contribution is 0.0834. The van der Waals surface area contributed by atoms with Gasteiger partial charge < -0.3 is 15.2 Å². The quantitative estimate of drug-likeness (QED) is 0.363. The largest absolute Gasteiger partial charge is 0.486 e. The maximum absolute atomic E-state index is 13.1. The third-order valence-corrected chi connectivity index (χ3v) is 6.57. The molecule has 2 heterocycles. The van der Waals surface area contributed by atoms with E-state index >= 15 is 0 Å². The number of hydrogen-bond donors (Lipinski definition) is 3. The van der Waals surface area contributed by atoms with Gasteiger partial charge in [-0.3, -0.25) is 14.7 Å². The van der Waals surface area contributed by atoms with Gasteiger partial charge >= 0.3 is 0 Å². The topological polar surface area (TPSA) is 122 Å². The molecule has 1 fully saturated rings. The Hall–Kier alpha value is -3.69. The SMILES string of the molecule is O=C(NC1(CO)CCCC1)c1c(Cl)cccc1OCc1cc(=O)n2[nH]c(-c3ccccc3)nc2n1. The number of nitrogens with one attached hydrogen (secondary N) is 2. The van der Waals surface area contributed by atoms with Gasteiger partial charge in [-0.05, 0) is 25.0 Å². The van der Waals surface area contributed by atoms with Gasteiger partial charge in [-0.25, -0.2) is 4.98 Å². The van der Waals surface area contributed by atoms with Crippen molar-refractivity contribution in [2.24, 2.45) is 0 Å². The average molecular weight is 494 g/mol. The van der Waals surface area contributed by atoms with Crippen LogP contribution in [0.3, 0.4) is 0 Å². The summed E-state index contributed by atoms with van der Waals surface area (Å²) < 4.78 is 7.16. The number of aliphatic hydroxyl groups is 1. The standard InChI is InChI=1S/C25H24ClN5O4/c26-18-9-6-10-19(21(18)23(34)29-25(15-32)11-4-5-12-25)35-14-17-13-20(33)31-24(27-17)28-22(30-31)16-7-2-1-3-8-16/h1-3,6-10,13,32H,4-5,11-12,14-15H2,(H,29,34)(H,27,28,30). The molecule has 1 aliphatic rings. The first-order valence-corrected chi connectivity index (χ1v) is 11.7. The highest BCUT2D eigenvalue weighted by Gasteiger charge is 2.36. The molecule has 9 nitrogen and oxygen atoms in total. The molecule has 5 rings (SSSR count). The summed E-state index contributed by atoms with van der Waals surface area (Å²) in [7, 11) is 0. The highest BCUT2D eigenvalue weighted by atomic mass is 35.5. The molecule has 10 heteroatoms. The van der Waals surface area contributed by atoms with E-state index in [1.165, 1.54) is 10.6 Å². The molecule has 0 atom stereocenters. The van der Waals surface area contributed by atoms with E-state index in [9.17, 15) is 14.7 Å². The van der Waals surface area contributed by atoms with E-state index in [1.54, 1.807) is 18.2 Å². The molecular weight excluding hydrogens is 470 g/mol. The maximum Gasteiger partial charge on any atom is 0.274 e. The van der Waals surface area contributed by atoms with Crippen molar-refractivity contribution in [2.75, 3.05) is 6.61 Å². The van der Waals surface area contributed by atoms with Crippen LogP contribution < -0.4 is 15.6 Å². The summed E-state index contributed by atoms with van der Waals surface area (Å²) >= 11 is 6.36. The van der Waals surface area contributed by atoms with Crippen molar-refractivity contribution >= 4 is 23.3 Å². The molecule has 2 aromatic carbocycles. The number of aromatic nitrogens is 4. The Kier molecular flexibility index (Phi) is 6.27. The average Bonchev–Trinajstić information content (AvgIpc) is 3.51. The second-order valence-corrected chi connectivity index (χ2v) is 9.07. The first-order chi connectivity index (χ1) is 17.0. The van der Waals surface area contributed by atoms with Crippen LogP contribution in [0, 0.1) is 0 Å². The molecule has 0 bridgehead atoms. The van der Waals surface area contributed by atoms with Gasteiger partial charge in [0.25, 0.3) is 17.2 Å². The van der Waals surface area contributed by atoms with Gasteiger partial charge in [-0.2, -0.15) is 9.50 Å². The van der Waals surface area contributed by atoms with E-state index in [2.05, 4.69) is 20.4 Å². The van der Waals surface area contributed by atoms with E-state index < -0.39 is 11.4 Å². The summed E-state index contributed by atoms with van der Waals surface area (Å²) in [5.74, 6) is 0.580. The number of H-pyrrole nitrogens is 1. The lowest BCUT2D eigenvalue weighted by Gasteiger charge is -2.28. The van der Waals surface area contributed by atoms with E-state index in [-0.39, 0.29) is 40.9 Å². The number of nitrogens with zero attached hydrogens (tertiary/aromatic N) is 3. The van der Waals surface area contributed by atoms with Crippen molar-refractivity contribution in [3.8, 4) is 17.1 Å². The summed E-state index contributed by atoms with van der Waals surface area (Å²) in [6, 6.07) is 15.7. The van der Waals surface area contributed by atoms with Crippen LogP contribution in [0.4, 0.5) is 0 Å². The van der Waals surface area contributed by atoms with Crippen LogP contribution in [0.25, 0.3) is 17.2 Å². The van der Waals surface area contributed by atoms with Gasteiger partial charge in [-0.15, -0.1) is 0 Å². The van der Waals surface area contributed by atoms with Crippen LogP contribution in [-0.2, 0) is 6.61 Å². The number of hydrogen-bond acceptors (Lipinski definition) is 6. The number of ether oxygens (including phenoxy) is 1. The number of rotatable bonds is 7. The van der Waals surface area contributed by atoms with Crippen LogP contribution in [0.2, 0.25) is 5.02 Å². The lowest BCUT2D eigenvalue weighted by atomic mass is 9.98. The van der Waals surface area contributed by atoms with Gasteiger partial charge in [-0.1, -0.05) is 60.8 Å². The van der Waals surface area contributed by atoms with Gasteiger partial charge in [0.05, 0.1) is 28.4 Å². The summed E-state index contributed by atoms with van der Waals surface area (Å²) in [5, 5.41) is 16.0. The third-order valence-electron chi connectivity index (χ3n) is 6.25. The van der Waals surface area contributed by atoms with E-state index in [0.717, 1.165) is 18.4 Å². The van der Waals surface area contributed by atoms with Crippen LogP contribution in [-0.4, -0.2) is 42.7 Å². The minimum absolute atomic E-state index is 0.0644. The molecule has 0 radical (unpaired) electrons. The minimum atomic E-state index is -0.648. The number of carbonyl (C=O) groups is 1. The Balaban J connectivity index is 1.39. The Morgan fingerprint density at radius 3 is 2.66 bits per heavy atom. The molecule has 35 heavy (non-hydrogen) atoms. The Morgan fingerprint density at radius 2 is 1.91 bits per heavy atom. The van der Waals surface area contributed by atoms with Crippen LogP contribution in [0.15, 0.2) is 59.4 Å². The van der Waals surface area contributed by atoms with Gasteiger partial charge in [0, 0.05) is 11.6 Å². The Bertz CT molecular complexity index is 1430. The highest BCUT2D eigenvalue weighted by molar-refractivity contribution is 6.34. The van der Waals surface area contributed by atoms with Crippen molar-refractivity contribution in [1.29, 1.82) is 0 Å². The van der Waals surface area contributed by atoms with Crippen molar-refractivity contribution < 1.29 is 14.6 Å². The smallest absolute Gasteiger partial charge is 0.274 e. The van der Waals surface area contributed by atoms with Crippen molar-refractivity contribution in [3.63, 3.8) is 0 Å². The third kappa shape index (κ3) is 4.65. The molecule has 3 N–H and O–H groups in total. The van der Waals surface area contributed by atoms with Gasteiger partial charge in [0.15, 0.2) is 5.82 Å². The molecule has 4 aromatic rings. The Labute approximate surface area is 205 Å². The van der Waals surface area contributed by atoms with E-state index in [0.29, 0.717) is 24.4 Å². The molecule has 1 saturated carbocycles. The van der Waals surface area contributed by atoms with Gasteiger partial charge in [0.1, 0.15) is 12.4 Å². The summed E-state index contributed by atoms with van der Waals surface area (Å²) in [6.07, 6.45) is 3.29. The normalized spacial score (nSPS) is 14.8. The zero-order valence-corrected chi connectivity index (χ0v) is 19.6. The molecule has 1 amide bonds. The predicted molar refractivity (Wildman–Crippen MR) is 131 cm³/mol. The summed E-state index contributed by atoms with van der Waals surface area (Å²) in [5.41, 5.74) is 0.379. The monoisotopic (exact) mass is 493 g/mol. The molecule has 0 aliphatic heterocycles. The first-order valence-electron chi connectivity index (χ1n) is 11.4. The van der Waals surface area contributed by atoms with Gasteiger partial charge in [0.2, 0.25) is 0 Å². The first kappa shape index (κ1) is 23.1. The minimum Gasteiger partial charge on any atom is -0.486 e. The number of amides is 1. The molecule has 0 spiro atoms. The summed E-state index contributed by atoms with van der Waals surface area (Å²) in [6.45, 7) is -0.201. The number of fused-ring (bicyclic) bond motifs is 1. The fraction of sp³-hybridized carbons (Fsp3) is 0.280. The molecule has 2 aromatic heterocycles. The highest BCUT2D eigenvalue weighted by Crippen LogP contribution is 2.32. The van der Waals surface area contributed by atoms with E-state index in [1.807, 2.05) is 30.3 Å². The molecule has 0 saturated heterocycles. The molecular formula is C25H24ClN5O4. The zero-order chi connectivity index (χ0) is 24.4. The van der Waals surface area contributed by atoms with Crippen LogP contribution in [0.5, 0.6) is 5.75 Å². The lowest BCUT2D eigenvalue weighted by Crippen LogP contribution is -2.49. The molecule has 180 valence electrons. The number of carbonyl (C=O) groups excluding carboxylic acids is 1. The molecule has 1 aliphatic carbocycles. The number of benzene rings is 2. The van der Waals surface area contributed by atoms with Crippen LogP contribution >= 0.6 is 11.6 Å². The van der Waals surface area contributed by atoms with Crippen molar-refractivity contribution in [1.82, 2.24) is 24.9 Å². The summed E-state index contributed by atoms with van der Waals surface area (Å²) in [4.78, 5) is 34.6. The molecule has 0 unspecified atom stereocenters. The second kappa shape index (κ2) is 9.52. The maximum atomic E-state index is 13.1. The number of aromatic amines is 1. The second-order valence-electron chi connectivity index (χ2n) is 8.66. The zero-order valence-electron chi connectivity index (χ0n) is 18.8. The Morgan fingerprint density at radius 1 is 1.14 bits per heavy atom. The number of halogens is 1. The van der Waals surface area contributed by atoms with E-state index in [4.69, 9.17) is 16.3 Å². The van der Waals surface area contributed by atoms with Crippen molar-refractivity contribution in [2.45, 2.75) is 37.8 Å². The van der Waals surface area contributed by atoms with Crippen LogP contribution in [0.1, 0.15) is 41.7 Å². The number of aliphatic hydroxyl groups excluding tert-OH is 1. The fourth-order valence-corrected chi connectivity index (χ4v) is 4.65. The fourth-order valence-electron chi connectivity index (χ4n) is 4.40. The van der Waals surface area contributed by atoms with Crippen molar-refractivity contribution in [3.05, 3.63) is 81.2 Å². The predicted octanol–water partition coefficient (Wildman–Crippen LogP) is 3.35.